The Labute approximate surface area is 183 Å². The maximum atomic E-state index is 12.2. The standard InChI is InChI=1S/C21H18ClN3O3S2/c22-17-7-5-16(6-8-17)19-14-29-21(23-19)24-20(26)11-4-15-2-9-18(10-3-15)25-12-1-13-30(25,27)28/h2-11,14H,1,12-13H2,(H,23,24,26)/b11-4+. The average molecular weight is 460 g/mol. The number of benzene rings is 2. The van der Waals surface area contributed by atoms with E-state index in [9.17, 15) is 13.2 Å². The van der Waals surface area contributed by atoms with E-state index in [4.69, 9.17) is 11.6 Å². The molecule has 1 fully saturated rings. The van der Waals surface area contributed by atoms with Crippen LogP contribution in [0.5, 0.6) is 0 Å². The average Bonchev–Trinajstić information content (AvgIpc) is 3.33. The number of sulfonamides is 1. The van der Waals surface area contributed by atoms with Crippen molar-refractivity contribution >= 4 is 55.8 Å². The van der Waals surface area contributed by atoms with Gasteiger partial charge in [-0.15, -0.1) is 11.3 Å². The van der Waals surface area contributed by atoms with Gasteiger partial charge in [0.1, 0.15) is 0 Å². The van der Waals surface area contributed by atoms with Gasteiger partial charge in [-0.25, -0.2) is 13.4 Å². The van der Waals surface area contributed by atoms with Crippen LogP contribution >= 0.6 is 22.9 Å². The van der Waals surface area contributed by atoms with E-state index in [1.54, 1.807) is 42.5 Å². The molecular formula is C21H18ClN3O3S2. The van der Waals surface area contributed by atoms with Crippen molar-refractivity contribution in [3.63, 3.8) is 0 Å². The quantitative estimate of drug-likeness (QED) is 0.563. The van der Waals surface area contributed by atoms with E-state index in [-0.39, 0.29) is 11.7 Å². The number of carbonyl (C=O) groups excluding carboxylic acids is 1. The number of hydrogen-bond acceptors (Lipinski definition) is 5. The highest BCUT2D eigenvalue weighted by atomic mass is 35.5. The molecule has 1 aliphatic heterocycles. The third-order valence-electron chi connectivity index (χ3n) is 4.58. The molecular weight excluding hydrogens is 442 g/mol. The van der Waals surface area contributed by atoms with E-state index in [2.05, 4.69) is 10.3 Å². The lowest BCUT2D eigenvalue weighted by atomic mass is 10.2. The van der Waals surface area contributed by atoms with E-state index < -0.39 is 10.0 Å². The Balaban J connectivity index is 1.38. The molecule has 0 unspecified atom stereocenters. The van der Waals surface area contributed by atoms with Gasteiger partial charge in [0.25, 0.3) is 0 Å². The minimum atomic E-state index is -3.19. The smallest absolute Gasteiger partial charge is 0.250 e. The highest BCUT2D eigenvalue weighted by Gasteiger charge is 2.28. The van der Waals surface area contributed by atoms with Crippen LogP contribution in [0.25, 0.3) is 17.3 Å². The molecule has 1 saturated heterocycles. The number of rotatable bonds is 5. The fourth-order valence-corrected chi connectivity index (χ4v) is 5.50. The molecule has 3 aromatic rings. The molecule has 0 aliphatic carbocycles. The van der Waals surface area contributed by atoms with Crippen molar-refractivity contribution in [2.45, 2.75) is 6.42 Å². The van der Waals surface area contributed by atoms with Crippen molar-refractivity contribution in [3.05, 3.63) is 70.6 Å². The van der Waals surface area contributed by atoms with Crippen LogP contribution in [0.15, 0.2) is 60.0 Å². The number of carbonyl (C=O) groups is 1. The molecule has 0 radical (unpaired) electrons. The maximum Gasteiger partial charge on any atom is 0.250 e. The number of anilines is 2. The minimum Gasteiger partial charge on any atom is -0.298 e. The summed E-state index contributed by atoms with van der Waals surface area (Å²) in [6.45, 7) is 0.506. The first-order valence-electron chi connectivity index (χ1n) is 9.22. The van der Waals surface area contributed by atoms with Crippen molar-refractivity contribution in [1.82, 2.24) is 4.98 Å². The zero-order valence-electron chi connectivity index (χ0n) is 15.8. The largest absolute Gasteiger partial charge is 0.298 e. The Morgan fingerprint density at radius 3 is 2.53 bits per heavy atom. The lowest BCUT2D eigenvalue weighted by Crippen LogP contribution is -2.24. The molecule has 2 heterocycles. The molecule has 1 N–H and O–H groups in total. The first-order valence-corrected chi connectivity index (χ1v) is 12.1. The summed E-state index contributed by atoms with van der Waals surface area (Å²) in [4.78, 5) is 16.6. The van der Waals surface area contributed by atoms with Crippen LogP contribution < -0.4 is 9.62 Å². The lowest BCUT2D eigenvalue weighted by molar-refractivity contribution is -0.111. The molecule has 0 atom stereocenters. The summed E-state index contributed by atoms with van der Waals surface area (Å²) in [5.41, 5.74) is 3.13. The van der Waals surface area contributed by atoms with E-state index >= 15 is 0 Å². The number of nitrogens with zero attached hydrogens (tertiary/aromatic N) is 2. The Bertz CT molecular complexity index is 1190. The summed E-state index contributed by atoms with van der Waals surface area (Å²) in [5.74, 6) is -0.108. The zero-order chi connectivity index (χ0) is 21.1. The molecule has 1 amide bonds. The minimum absolute atomic E-state index is 0.186. The second kappa shape index (κ2) is 8.59. The van der Waals surface area contributed by atoms with E-state index in [0.717, 1.165) is 16.8 Å². The predicted octanol–water partition coefficient (Wildman–Crippen LogP) is 4.66. The van der Waals surface area contributed by atoms with Crippen LogP contribution in [0.1, 0.15) is 12.0 Å². The summed E-state index contributed by atoms with van der Waals surface area (Å²) in [7, 11) is -3.19. The SMILES string of the molecule is O=C(/C=C/c1ccc(N2CCCS2(=O)=O)cc1)Nc1nc(-c2ccc(Cl)cc2)cs1. The van der Waals surface area contributed by atoms with Crippen LogP contribution in [0.4, 0.5) is 10.8 Å². The number of aromatic nitrogens is 1. The Kier molecular flexibility index (Phi) is 5.90. The van der Waals surface area contributed by atoms with Crippen molar-refractivity contribution in [2.24, 2.45) is 0 Å². The van der Waals surface area contributed by atoms with Crippen LogP contribution in [-0.4, -0.2) is 31.6 Å². The van der Waals surface area contributed by atoms with Gasteiger partial charge in [-0.1, -0.05) is 35.9 Å². The van der Waals surface area contributed by atoms with Crippen molar-refractivity contribution in [2.75, 3.05) is 21.9 Å². The second-order valence-corrected chi connectivity index (χ2v) is 10.0. The zero-order valence-corrected chi connectivity index (χ0v) is 18.2. The van der Waals surface area contributed by atoms with Crippen molar-refractivity contribution in [1.29, 1.82) is 0 Å². The molecule has 0 saturated carbocycles. The fourth-order valence-electron chi connectivity index (χ4n) is 3.08. The molecule has 30 heavy (non-hydrogen) atoms. The lowest BCUT2D eigenvalue weighted by Gasteiger charge is -2.16. The van der Waals surface area contributed by atoms with Gasteiger partial charge < -0.3 is 0 Å². The van der Waals surface area contributed by atoms with Gasteiger partial charge in [0.15, 0.2) is 5.13 Å². The molecule has 6 nitrogen and oxygen atoms in total. The van der Waals surface area contributed by atoms with E-state index in [1.807, 2.05) is 17.5 Å². The van der Waals surface area contributed by atoms with Crippen LogP contribution in [0.3, 0.4) is 0 Å². The normalized spacial score (nSPS) is 15.6. The summed E-state index contributed by atoms with van der Waals surface area (Å²) >= 11 is 7.24. The molecule has 4 rings (SSSR count). The predicted molar refractivity (Wildman–Crippen MR) is 122 cm³/mol. The van der Waals surface area contributed by atoms with Gasteiger partial charge in [0.05, 0.1) is 17.1 Å². The van der Waals surface area contributed by atoms with E-state index in [0.29, 0.717) is 28.8 Å². The number of nitrogens with one attached hydrogen (secondary N) is 1. The maximum absolute atomic E-state index is 12.2. The Morgan fingerprint density at radius 1 is 1.13 bits per heavy atom. The van der Waals surface area contributed by atoms with Crippen molar-refractivity contribution in [3.8, 4) is 11.3 Å². The number of hydrogen-bond donors (Lipinski definition) is 1. The molecule has 0 bridgehead atoms. The summed E-state index contributed by atoms with van der Waals surface area (Å²) in [6.07, 6.45) is 3.73. The summed E-state index contributed by atoms with van der Waals surface area (Å²) in [6, 6.07) is 14.4. The number of amides is 1. The van der Waals surface area contributed by atoms with E-state index in [1.165, 1.54) is 21.7 Å². The molecule has 2 aromatic carbocycles. The van der Waals surface area contributed by atoms with Gasteiger partial charge in [-0.2, -0.15) is 0 Å². The topological polar surface area (TPSA) is 79.4 Å². The van der Waals surface area contributed by atoms with Gasteiger partial charge in [0.2, 0.25) is 15.9 Å². The van der Waals surface area contributed by atoms with Gasteiger partial charge in [0, 0.05) is 28.6 Å². The third-order valence-corrected chi connectivity index (χ3v) is 7.46. The fraction of sp³-hybridized carbons (Fsp3) is 0.143. The third kappa shape index (κ3) is 4.72. The van der Waals surface area contributed by atoms with Gasteiger partial charge in [-0.3, -0.25) is 14.4 Å². The van der Waals surface area contributed by atoms with Crippen molar-refractivity contribution < 1.29 is 13.2 Å². The summed E-state index contributed by atoms with van der Waals surface area (Å²) in [5, 5.41) is 5.78. The highest BCUT2D eigenvalue weighted by Crippen LogP contribution is 2.26. The highest BCUT2D eigenvalue weighted by molar-refractivity contribution is 7.93. The summed E-state index contributed by atoms with van der Waals surface area (Å²) < 4.78 is 25.4. The molecule has 0 spiro atoms. The number of halogens is 1. The van der Waals surface area contributed by atoms with Crippen LogP contribution in [0.2, 0.25) is 5.02 Å². The Hall–Kier alpha value is -2.68. The molecule has 1 aromatic heterocycles. The molecule has 1 aliphatic rings. The monoisotopic (exact) mass is 459 g/mol. The second-order valence-electron chi connectivity index (χ2n) is 6.70. The first-order chi connectivity index (χ1) is 14.4. The first kappa shape index (κ1) is 20.6. The van der Waals surface area contributed by atoms with Gasteiger partial charge in [-0.05, 0) is 42.3 Å². The van der Waals surface area contributed by atoms with Crippen LogP contribution in [-0.2, 0) is 14.8 Å². The number of thiazole rings is 1. The van der Waals surface area contributed by atoms with Gasteiger partial charge >= 0.3 is 0 Å². The Morgan fingerprint density at radius 2 is 1.87 bits per heavy atom. The van der Waals surface area contributed by atoms with Crippen LogP contribution in [0, 0.1) is 0 Å². The molecule has 154 valence electrons. The molecule has 9 heteroatoms.